The quantitative estimate of drug-likeness (QED) is 0.117. The van der Waals surface area contributed by atoms with Crippen molar-refractivity contribution in [3.63, 3.8) is 0 Å². The Bertz CT molecular complexity index is 1530. The Kier molecular flexibility index (Phi) is 20.8. The van der Waals surface area contributed by atoms with Crippen LogP contribution in [0, 0.1) is 30.0 Å². The van der Waals surface area contributed by atoms with Gasteiger partial charge in [-0.05, 0) is 86.8 Å². The molecule has 7 heteroatoms. The summed E-state index contributed by atoms with van der Waals surface area (Å²) < 4.78 is 13.5. The lowest BCUT2D eigenvalue weighted by atomic mass is 9.93. The highest BCUT2D eigenvalue weighted by molar-refractivity contribution is 5.78. The monoisotopic (exact) mass is 665 g/mol. The van der Waals surface area contributed by atoms with Gasteiger partial charge in [0.2, 0.25) is 5.91 Å². The number of halogens is 1. The van der Waals surface area contributed by atoms with Crippen LogP contribution in [0.3, 0.4) is 0 Å². The number of hydrogen-bond donors (Lipinski definition) is 3. The van der Waals surface area contributed by atoms with Gasteiger partial charge in [0, 0.05) is 29.9 Å². The number of aryl methyl sites for hydroxylation is 1. The molecule has 4 rings (SSSR count). The third-order valence-electron chi connectivity index (χ3n) is 6.69. The van der Waals surface area contributed by atoms with Crippen molar-refractivity contribution in [1.29, 1.82) is 0 Å². The average molecular weight is 666 g/mol. The third kappa shape index (κ3) is 18.3. The lowest BCUT2D eigenvalue weighted by Crippen LogP contribution is -2.38. The van der Waals surface area contributed by atoms with E-state index in [2.05, 4.69) is 80.4 Å². The first kappa shape index (κ1) is 42.1. The number of anilines is 1. The Morgan fingerprint density at radius 1 is 0.959 bits per heavy atom. The van der Waals surface area contributed by atoms with E-state index >= 15 is 0 Å². The van der Waals surface area contributed by atoms with Gasteiger partial charge in [-0.25, -0.2) is 4.39 Å². The number of allylic oxidation sites excluding steroid dienone is 1. The predicted octanol–water partition coefficient (Wildman–Crippen LogP) is 9.63. The summed E-state index contributed by atoms with van der Waals surface area (Å²) in [5, 5.41) is 12.8. The SMILES string of the molecule is C=CCC(C)(C)C.C=CNc1ccc(C#Cc2cn[nH]c2-c2cc(F)ccc2C)cc1.CCCN(CCC)C(=O)CNC.c1ccccc1. The third-order valence-corrected chi connectivity index (χ3v) is 6.69. The highest BCUT2D eigenvalue weighted by atomic mass is 19.1. The van der Waals surface area contributed by atoms with Crippen molar-refractivity contribution < 1.29 is 9.18 Å². The Balaban J connectivity index is 0.000000397. The first-order valence-corrected chi connectivity index (χ1v) is 16.8. The second-order valence-corrected chi connectivity index (χ2v) is 12.4. The molecule has 0 aliphatic carbocycles. The molecule has 1 aromatic heterocycles. The number of carbonyl (C=O) groups excluding carboxylic acids is 1. The molecular weight excluding hydrogens is 609 g/mol. The van der Waals surface area contributed by atoms with Crippen molar-refractivity contribution in [1.82, 2.24) is 20.4 Å². The molecule has 49 heavy (non-hydrogen) atoms. The van der Waals surface area contributed by atoms with E-state index in [9.17, 15) is 9.18 Å². The van der Waals surface area contributed by atoms with Crippen LogP contribution in [0.5, 0.6) is 0 Å². The van der Waals surface area contributed by atoms with Crippen molar-refractivity contribution in [3.05, 3.63) is 133 Å². The van der Waals surface area contributed by atoms with E-state index in [1.165, 1.54) is 12.1 Å². The number of H-pyrrole nitrogens is 1. The van der Waals surface area contributed by atoms with Crippen molar-refractivity contribution in [2.75, 3.05) is 32.0 Å². The number of aromatic nitrogens is 2. The fraction of sp³-hybridized carbons (Fsp3) is 0.333. The highest BCUT2D eigenvalue weighted by Gasteiger charge is 2.10. The van der Waals surface area contributed by atoms with Crippen LogP contribution < -0.4 is 10.6 Å². The largest absolute Gasteiger partial charge is 0.362 e. The number of aromatic amines is 1. The van der Waals surface area contributed by atoms with Crippen molar-refractivity contribution in [3.8, 4) is 23.1 Å². The lowest BCUT2D eigenvalue weighted by molar-refractivity contribution is -0.130. The molecule has 0 atom stereocenters. The molecule has 262 valence electrons. The molecule has 1 heterocycles. The summed E-state index contributed by atoms with van der Waals surface area (Å²) in [6, 6.07) is 24.4. The molecule has 0 saturated heterocycles. The zero-order valence-electron chi connectivity index (χ0n) is 30.6. The predicted molar refractivity (Wildman–Crippen MR) is 207 cm³/mol. The Labute approximate surface area is 294 Å². The van der Waals surface area contributed by atoms with E-state index in [1.54, 1.807) is 25.5 Å². The molecule has 0 radical (unpaired) electrons. The second-order valence-electron chi connectivity index (χ2n) is 12.4. The fourth-order valence-electron chi connectivity index (χ4n) is 4.34. The van der Waals surface area contributed by atoms with Gasteiger partial charge in [-0.3, -0.25) is 9.89 Å². The molecule has 1 amide bonds. The van der Waals surface area contributed by atoms with Gasteiger partial charge in [0.1, 0.15) is 5.82 Å². The number of nitrogens with one attached hydrogen (secondary N) is 3. The van der Waals surface area contributed by atoms with Crippen LogP contribution in [0.15, 0.2) is 110 Å². The molecule has 0 unspecified atom stereocenters. The molecule has 0 bridgehead atoms. The molecule has 4 aromatic rings. The van der Waals surface area contributed by atoms with Crippen LogP contribution in [-0.2, 0) is 4.79 Å². The summed E-state index contributed by atoms with van der Waals surface area (Å²) >= 11 is 0. The van der Waals surface area contributed by atoms with E-state index in [4.69, 9.17) is 0 Å². The molecule has 6 nitrogen and oxygen atoms in total. The van der Waals surface area contributed by atoms with Gasteiger partial charge in [0.25, 0.3) is 0 Å². The van der Waals surface area contributed by atoms with E-state index < -0.39 is 0 Å². The minimum atomic E-state index is -0.283. The van der Waals surface area contributed by atoms with Crippen LogP contribution in [0.2, 0.25) is 0 Å². The average Bonchev–Trinajstić information content (AvgIpc) is 3.55. The van der Waals surface area contributed by atoms with Gasteiger partial charge in [-0.2, -0.15) is 5.10 Å². The van der Waals surface area contributed by atoms with E-state index in [0.717, 1.165) is 66.0 Å². The van der Waals surface area contributed by atoms with Gasteiger partial charge in [0.15, 0.2) is 0 Å². The zero-order valence-corrected chi connectivity index (χ0v) is 30.6. The Morgan fingerprint density at radius 2 is 1.55 bits per heavy atom. The molecule has 0 spiro atoms. The minimum absolute atomic E-state index is 0.209. The molecular formula is C42H56FN5O. The number of hydrogen-bond acceptors (Lipinski definition) is 4. The first-order chi connectivity index (χ1) is 23.5. The smallest absolute Gasteiger partial charge is 0.236 e. The zero-order chi connectivity index (χ0) is 36.5. The molecule has 0 fully saturated rings. The van der Waals surface area contributed by atoms with E-state index in [0.29, 0.717) is 12.0 Å². The summed E-state index contributed by atoms with van der Waals surface area (Å²) in [5.41, 5.74) is 5.46. The fourth-order valence-corrected chi connectivity index (χ4v) is 4.34. The van der Waals surface area contributed by atoms with E-state index in [1.807, 2.05) is 78.6 Å². The summed E-state index contributed by atoms with van der Waals surface area (Å²) in [6.07, 6.45) is 8.41. The maximum absolute atomic E-state index is 13.5. The van der Waals surface area contributed by atoms with Crippen LogP contribution in [0.1, 0.15) is 70.6 Å². The van der Waals surface area contributed by atoms with Crippen LogP contribution in [0.4, 0.5) is 10.1 Å². The van der Waals surface area contributed by atoms with Crippen molar-refractivity contribution in [2.45, 2.75) is 60.8 Å². The standard InChI is InChI=1S/C20H16FN3.C9H20N2O.C7H14.C6H6/c1-3-22-18-10-6-15(7-11-18)5-8-16-13-23-24-20(16)19-12-17(21)9-4-14(19)2;1-4-6-11(7-5-2)9(12)8-10-3;1-5-6-7(2,3)4;1-2-4-6-5-3-1/h3-4,6-7,9-13,22H,1H2,2H3,(H,23,24);10H,4-8H2,1-3H3;5H,1,6H2,2-4H3;1-6H. The maximum Gasteiger partial charge on any atom is 0.236 e. The highest BCUT2D eigenvalue weighted by Crippen LogP contribution is 2.25. The second kappa shape index (κ2) is 24.2. The summed E-state index contributed by atoms with van der Waals surface area (Å²) in [7, 11) is 1.80. The summed E-state index contributed by atoms with van der Waals surface area (Å²) in [6.45, 7) is 22.2. The lowest BCUT2D eigenvalue weighted by Gasteiger charge is -2.21. The topological polar surface area (TPSA) is 73.0 Å². The van der Waals surface area contributed by atoms with Gasteiger partial charge in [-0.1, -0.05) is 102 Å². The normalized spacial score (nSPS) is 9.88. The van der Waals surface area contributed by atoms with Gasteiger partial charge >= 0.3 is 0 Å². The number of benzene rings is 3. The summed E-state index contributed by atoms with van der Waals surface area (Å²) in [5.74, 6) is 6.13. The minimum Gasteiger partial charge on any atom is -0.362 e. The van der Waals surface area contributed by atoms with Crippen LogP contribution >= 0.6 is 0 Å². The molecule has 3 N–H and O–H groups in total. The molecule has 0 aliphatic rings. The van der Waals surface area contributed by atoms with Gasteiger partial charge in [0.05, 0.1) is 24.0 Å². The van der Waals surface area contributed by atoms with E-state index in [-0.39, 0.29) is 11.7 Å². The Morgan fingerprint density at radius 3 is 2.02 bits per heavy atom. The number of rotatable bonds is 10. The number of nitrogens with zero attached hydrogens (tertiary/aromatic N) is 2. The van der Waals surface area contributed by atoms with Crippen LogP contribution in [0.25, 0.3) is 11.3 Å². The molecule has 0 aliphatic heterocycles. The molecule has 3 aromatic carbocycles. The van der Waals surface area contributed by atoms with Gasteiger partial charge < -0.3 is 15.5 Å². The number of amides is 1. The summed E-state index contributed by atoms with van der Waals surface area (Å²) in [4.78, 5) is 13.3. The number of carbonyl (C=O) groups is 1. The number of likely N-dealkylation sites (N-methyl/N-ethyl adjacent to an activating group) is 1. The van der Waals surface area contributed by atoms with Crippen LogP contribution in [-0.4, -0.2) is 47.7 Å². The van der Waals surface area contributed by atoms with Crippen molar-refractivity contribution >= 4 is 11.6 Å². The van der Waals surface area contributed by atoms with Gasteiger partial charge in [-0.15, -0.1) is 6.58 Å². The maximum atomic E-state index is 13.5. The molecule has 0 saturated carbocycles. The van der Waals surface area contributed by atoms with Crippen molar-refractivity contribution in [2.24, 2.45) is 5.41 Å². The Hall–Kier alpha value is -4.93. The first-order valence-electron chi connectivity index (χ1n) is 16.8.